The van der Waals surface area contributed by atoms with E-state index in [9.17, 15) is 13.2 Å². The van der Waals surface area contributed by atoms with E-state index in [1.165, 1.54) is 12.2 Å². The molecule has 4 nitrogen and oxygen atoms in total. The maximum absolute atomic E-state index is 10.7. The zero-order valence-electron chi connectivity index (χ0n) is 7.20. The van der Waals surface area contributed by atoms with Gasteiger partial charge in [-0.05, 0) is 6.08 Å². The van der Waals surface area contributed by atoms with Gasteiger partial charge < -0.3 is 0 Å². The molecule has 0 fully saturated rings. The van der Waals surface area contributed by atoms with Crippen LogP contribution in [0.4, 0.5) is 0 Å². The van der Waals surface area contributed by atoms with E-state index in [0.29, 0.717) is 6.42 Å². The molecule has 0 atom stereocenters. The van der Waals surface area contributed by atoms with Gasteiger partial charge in [-0.3, -0.25) is 4.79 Å². The Morgan fingerprint density at radius 1 is 1.50 bits per heavy atom. The third-order valence-corrected chi connectivity index (χ3v) is 1.81. The summed E-state index contributed by atoms with van der Waals surface area (Å²) in [6.07, 6.45) is 4.38. The molecule has 0 aliphatic carbocycles. The molecule has 0 radical (unpaired) electrons. The Bertz CT molecular complexity index is 266. The summed E-state index contributed by atoms with van der Waals surface area (Å²) in [5.41, 5.74) is 0. The molecule has 0 spiro atoms. The van der Waals surface area contributed by atoms with Gasteiger partial charge in [0.2, 0.25) is 10.0 Å². The number of hydrogen-bond acceptors (Lipinski definition) is 3. The van der Waals surface area contributed by atoms with Crippen LogP contribution in [0, 0.1) is 0 Å². The number of carbonyl (C=O) groups excluding carboxylic acids is 1. The van der Waals surface area contributed by atoms with Gasteiger partial charge in [-0.1, -0.05) is 13.0 Å². The van der Waals surface area contributed by atoms with Crippen molar-refractivity contribution < 1.29 is 13.2 Å². The highest BCUT2D eigenvalue weighted by molar-refractivity contribution is 7.88. The Morgan fingerprint density at radius 3 is 2.50 bits per heavy atom. The fourth-order valence-electron chi connectivity index (χ4n) is 0.508. The van der Waals surface area contributed by atoms with Crippen molar-refractivity contribution in [2.45, 2.75) is 13.3 Å². The number of nitrogens with one attached hydrogen (secondary N) is 1. The number of sulfonamides is 1. The minimum atomic E-state index is -3.14. The minimum absolute atomic E-state index is 0.00898. The molecule has 0 heterocycles. The molecule has 1 N–H and O–H groups in total. The Morgan fingerprint density at radius 2 is 2.08 bits per heavy atom. The number of rotatable bonds is 5. The van der Waals surface area contributed by atoms with E-state index in [1.54, 1.807) is 6.92 Å². The van der Waals surface area contributed by atoms with Crippen LogP contribution in [0.25, 0.3) is 0 Å². The van der Waals surface area contributed by atoms with Gasteiger partial charge in [0, 0.05) is 13.0 Å². The molecular formula is C7H13NO3S. The first kappa shape index (κ1) is 11.3. The quantitative estimate of drug-likeness (QED) is 0.625. The summed E-state index contributed by atoms with van der Waals surface area (Å²) in [6, 6.07) is 0. The maximum atomic E-state index is 10.7. The Kier molecular flexibility index (Phi) is 4.77. The molecular weight excluding hydrogens is 178 g/mol. The van der Waals surface area contributed by atoms with Crippen LogP contribution in [0.15, 0.2) is 12.2 Å². The van der Waals surface area contributed by atoms with Crippen molar-refractivity contribution in [3.63, 3.8) is 0 Å². The van der Waals surface area contributed by atoms with Crippen LogP contribution in [-0.2, 0) is 14.8 Å². The van der Waals surface area contributed by atoms with E-state index in [0.717, 1.165) is 6.26 Å². The normalized spacial score (nSPS) is 12.2. The second kappa shape index (κ2) is 5.05. The lowest BCUT2D eigenvalue weighted by atomic mass is 10.3. The van der Waals surface area contributed by atoms with Crippen molar-refractivity contribution in [2.24, 2.45) is 0 Å². The monoisotopic (exact) mass is 191 g/mol. The highest BCUT2D eigenvalue weighted by Crippen LogP contribution is 1.82. The average molecular weight is 191 g/mol. The molecule has 0 aromatic heterocycles. The van der Waals surface area contributed by atoms with Crippen molar-refractivity contribution in [3.8, 4) is 0 Å². The van der Waals surface area contributed by atoms with Crippen molar-refractivity contribution >= 4 is 15.8 Å². The van der Waals surface area contributed by atoms with E-state index < -0.39 is 10.0 Å². The lowest BCUT2D eigenvalue weighted by Gasteiger charge is -1.94. The highest BCUT2D eigenvalue weighted by atomic mass is 32.2. The molecule has 0 aromatic carbocycles. The van der Waals surface area contributed by atoms with E-state index in [1.807, 2.05) is 0 Å². The van der Waals surface area contributed by atoms with Gasteiger partial charge in [0.15, 0.2) is 5.78 Å². The molecule has 0 aliphatic rings. The topological polar surface area (TPSA) is 63.2 Å². The van der Waals surface area contributed by atoms with E-state index >= 15 is 0 Å². The minimum Gasteiger partial charge on any atom is -0.295 e. The molecule has 0 bridgehead atoms. The molecule has 0 aromatic rings. The first-order chi connectivity index (χ1) is 5.45. The fourth-order valence-corrected chi connectivity index (χ4v) is 0.907. The van der Waals surface area contributed by atoms with Crippen LogP contribution in [0.5, 0.6) is 0 Å². The van der Waals surface area contributed by atoms with Crippen molar-refractivity contribution in [1.82, 2.24) is 4.72 Å². The lowest BCUT2D eigenvalue weighted by molar-refractivity contribution is -0.114. The number of allylic oxidation sites excluding steroid dienone is 1. The van der Waals surface area contributed by atoms with Crippen LogP contribution < -0.4 is 4.72 Å². The first-order valence-corrected chi connectivity index (χ1v) is 5.49. The number of hydrogen-bond donors (Lipinski definition) is 1. The van der Waals surface area contributed by atoms with Gasteiger partial charge in [0.05, 0.1) is 6.26 Å². The number of ketones is 1. The second-order valence-corrected chi connectivity index (χ2v) is 4.18. The summed E-state index contributed by atoms with van der Waals surface area (Å²) in [7, 11) is -3.14. The molecule has 0 saturated heterocycles. The second-order valence-electron chi connectivity index (χ2n) is 2.34. The SMILES string of the molecule is CCC(=O)/C=C/CNS(C)(=O)=O. The summed E-state index contributed by atoms with van der Waals surface area (Å²) in [6.45, 7) is 1.92. The fraction of sp³-hybridized carbons (Fsp3) is 0.571. The van der Waals surface area contributed by atoms with Crippen LogP contribution in [-0.4, -0.2) is 27.0 Å². The van der Waals surface area contributed by atoms with Crippen molar-refractivity contribution in [3.05, 3.63) is 12.2 Å². The Hall–Kier alpha value is -0.680. The summed E-state index contributed by atoms with van der Waals surface area (Å²) in [5, 5.41) is 0. The van der Waals surface area contributed by atoms with Gasteiger partial charge in [-0.2, -0.15) is 0 Å². The maximum Gasteiger partial charge on any atom is 0.208 e. The third-order valence-electron chi connectivity index (χ3n) is 1.12. The predicted molar refractivity (Wildman–Crippen MR) is 47.3 cm³/mol. The lowest BCUT2D eigenvalue weighted by Crippen LogP contribution is -2.21. The molecule has 0 saturated carbocycles. The van der Waals surface area contributed by atoms with Crippen LogP contribution in [0.2, 0.25) is 0 Å². The smallest absolute Gasteiger partial charge is 0.208 e. The Labute approximate surface area is 72.7 Å². The van der Waals surface area contributed by atoms with Gasteiger partial charge in [-0.25, -0.2) is 13.1 Å². The molecule has 0 amide bonds. The summed E-state index contributed by atoms with van der Waals surface area (Å²) < 4.78 is 23.3. The van der Waals surface area contributed by atoms with E-state index in [4.69, 9.17) is 0 Å². The highest BCUT2D eigenvalue weighted by Gasteiger charge is 1.95. The van der Waals surface area contributed by atoms with Crippen LogP contribution in [0.3, 0.4) is 0 Å². The molecule has 0 rings (SSSR count). The third kappa shape index (κ3) is 7.43. The van der Waals surface area contributed by atoms with Gasteiger partial charge in [0.1, 0.15) is 0 Å². The molecule has 0 unspecified atom stereocenters. The van der Waals surface area contributed by atoms with Gasteiger partial charge >= 0.3 is 0 Å². The van der Waals surface area contributed by atoms with Gasteiger partial charge in [-0.15, -0.1) is 0 Å². The first-order valence-electron chi connectivity index (χ1n) is 3.59. The zero-order valence-corrected chi connectivity index (χ0v) is 8.02. The number of carbonyl (C=O) groups is 1. The zero-order chi connectivity index (χ0) is 9.61. The van der Waals surface area contributed by atoms with E-state index in [-0.39, 0.29) is 12.3 Å². The Balaban J connectivity index is 3.71. The standard InChI is InChI=1S/C7H13NO3S/c1-3-7(9)5-4-6-8-12(2,10)11/h4-5,8H,3,6H2,1-2H3/b5-4+. The molecule has 70 valence electrons. The summed E-state index contributed by atoms with van der Waals surface area (Å²) in [4.78, 5) is 10.7. The summed E-state index contributed by atoms with van der Waals surface area (Å²) >= 11 is 0. The summed E-state index contributed by atoms with van der Waals surface area (Å²) in [5.74, 6) is -0.00898. The van der Waals surface area contributed by atoms with Crippen LogP contribution >= 0.6 is 0 Å². The largest absolute Gasteiger partial charge is 0.295 e. The molecule has 0 aliphatic heterocycles. The molecule has 12 heavy (non-hydrogen) atoms. The predicted octanol–water partition coefficient (Wildman–Crippen LogP) is 0.0709. The van der Waals surface area contributed by atoms with E-state index in [2.05, 4.69) is 4.72 Å². The molecule has 5 heteroatoms. The van der Waals surface area contributed by atoms with Crippen molar-refractivity contribution in [1.29, 1.82) is 0 Å². The average Bonchev–Trinajstić information content (AvgIpc) is 1.96. The van der Waals surface area contributed by atoms with Gasteiger partial charge in [0.25, 0.3) is 0 Å². The van der Waals surface area contributed by atoms with Crippen LogP contribution in [0.1, 0.15) is 13.3 Å². The van der Waals surface area contributed by atoms with Crippen molar-refractivity contribution in [2.75, 3.05) is 12.8 Å².